The van der Waals surface area contributed by atoms with Crippen molar-refractivity contribution in [1.82, 2.24) is 0 Å². The molecule has 0 aromatic rings. The second-order valence-corrected chi connectivity index (χ2v) is 3.04. The average Bonchev–Trinajstić information content (AvgIpc) is 2.50. The van der Waals surface area contributed by atoms with E-state index in [4.69, 9.17) is 15.2 Å². The van der Waals surface area contributed by atoms with Gasteiger partial charge in [0.1, 0.15) is 5.60 Å². The van der Waals surface area contributed by atoms with Crippen molar-refractivity contribution in [3.63, 3.8) is 0 Å². The lowest BCUT2D eigenvalue weighted by molar-refractivity contribution is -0.0422. The number of ether oxygens (including phenoxy) is 2. The molecule has 0 radical (unpaired) electrons. The number of hydrogen-bond acceptors (Lipinski definition) is 3. The number of nitrogens with two attached hydrogens (primary N) is 1. The first-order valence-electron chi connectivity index (χ1n) is 4.25. The van der Waals surface area contributed by atoms with Crippen molar-refractivity contribution in [2.24, 2.45) is 5.73 Å². The Morgan fingerprint density at radius 2 is 2.45 bits per heavy atom. The first-order chi connectivity index (χ1) is 5.33. The molecule has 66 valence electrons. The lowest BCUT2D eigenvalue weighted by Gasteiger charge is -2.25. The van der Waals surface area contributed by atoms with E-state index in [1.165, 1.54) is 0 Å². The summed E-state index contributed by atoms with van der Waals surface area (Å²) in [4.78, 5) is 0. The molecule has 1 saturated heterocycles. The van der Waals surface area contributed by atoms with E-state index >= 15 is 0 Å². The van der Waals surface area contributed by atoms with E-state index in [2.05, 4.69) is 6.92 Å². The Kier molecular flexibility index (Phi) is 3.30. The molecular weight excluding hydrogens is 142 g/mol. The van der Waals surface area contributed by atoms with E-state index in [0.29, 0.717) is 13.2 Å². The first kappa shape index (κ1) is 8.97. The Morgan fingerprint density at radius 1 is 1.64 bits per heavy atom. The van der Waals surface area contributed by atoms with Crippen molar-refractivity contribution < 1.29 is 9.47 Å². The summed E-state index contributed by atoms with van der Waals surface area (Å²) < 4.78 is 10.9. The van der Waals surface area contributed by atoms with Crippen LogP contribution in [0.4, 0.5) is 0 Å². The summed E-state index contributed by atoms with van der Waals surface area (Å²) >= 11 is 0. The molecule has 0 aromatic heterocycles. The van der Waals surface area contributed by atoms with Crippen molar-refractivity contribution in [3.05, 3.63) is 0 Å². The second kappa shape index (κ2) is 4.04. The van der Waals surface area contributed by atoms with Crippen LogP contribution in [0.1, 0.15) is 19.8 Å². The fraction of sp³-hybridized carbons (Fsp3) is 1.00. The van der Waals surface area contributed by atoms with Gasteiger partial charge >= 0.3 is 0 Å². The van der Waals surface area contributed by atoms with Gasteiger partial charge in [0.2, 0.25) is 0 Å². The fourth-order valence-electron chi connectivity index (χ4n) is 1.24. The molecule has 1 aliphatic heterocycles. The molecule has 0 bridgehead atoms. The number of rotatable bonds is 4. The Bertz CT molecular complexity index is 111. The summed E-state index contributed by atoms with van der Waals surface area (Å²) in [5.41, 5.74) is 5.45. The van der Waals surface area contributed by atoms with Gasteiger partial charge < -0.3 is 15.2 Å². The first-order valence-corrected chi connectivity index (χ1v) is 4.25. The summed E-state index contributed by atoms with van der Waals surface area (Å²) in [5, 5.41) is 0. The molecule has 0 spiro atoms. The van der Waals surface area contributed by atoms with Crippen molar-refractivity contribution in [1.29, 1.82) is 0 Å². The minimum atomic E-state index is -0.157. The predicted octanol–water partition coefficient (Wildman–Crippen LogP) is 0.531. The van der Waals surface area contributed by atoms with Gasteiger partial charge in [0.25, 0.3) is 0 Å². The Morgan fingerprint density at radius 3 is 2.91 bits per heavy atom. The smallest absolute Gasteiger partial charge is 0.106 e. The Hall–Kier alpha value is -0.120. The molecule has 1 unspecified atom stereocenters. The standard InChI is InChI=1S/C8H17NO2/c1-2-4-11-8(6-9)3-5-10-7-8/h2-7,9H2,1H3. The topological polar surface area (TPSA) is 44.5 Å². The summed E-state index contributed by atoms with van der Waals surface area (Å²) in [6, 6.07) is 0. The van der Waals surface area contributed by atoms with Gasteiger partial charge in [0, 0.05) is 26.2 Å². The summed E-state index contributed by atoms with van der Waals surface area (Å²) in [5.74, 6) is 0. The molecule has 1 heterocycles. The maximum atomic E-state index is 5.64. The van der Waals surface area contributed by atoms with Crippen LogP contribution in [0.25, 0.3) is 0 Å². The zero-order valence-electron chi connectivity index (χ0n) is 7.14. The van der Waals surface area contributed by atoms with Crippen LogP contribution < -0.4 is 5.73 Å². The highest BCUT2D eigenvalue weighted by atomic mass is 16.6. The maximum Gasteiger partial charge on any atom is 0.106 e. The lowest BCUT2D eigenvalue weighted by atomic mass is 10.0. The van der Waals surface area contributed by atoms with Gasteiger partial charge in [-0.15, -0.1) is 0 Å². The van der Waals surface area contributed by atoms with Gasteiger partial charge in [0.05, 0.1) is 6.61 Å². The van der Waals surface area contributed by atoms with E-state index in [1.807, 2.05) is 0 Å². The van der Waals surface area contributed by atoms with Crippen molar-refractivity contribution in [2.75, 3.05) is 26.4 Å². The highest BCUT2D eigenvalue weighted by Gasteiger charge is 2.34. The van der Waals surface area contributed by atoms with Crippen LogP contribution in [0.3, 0.4) is 0 Å². The molecule has 0 saturated carbocycles. The highest BCUT2D eigenvalue weighted by molar-refractivity contribution is 4.85. The summed E-state index contributed by atoms with van der Waals surface area (Å²) in [6.45, 7) is 4.93. The SMILES string of the molecule is CCCOC1(CN)CCOC1. The van der Waals surface area contributed by atoms with Gasteiger partial charge in [0.15, 0.2) is 0 Å². The van der Waals surface area contributed by atoms with Gasteiger partial charge in [-0.05, 0) is 6.42 Å². The monoisotopic (exact) mass is 159 g/mol. The molecule has 1 fully saturated rings. The molecule has 1 aliphatic rings. The zero-order chi connectivity index (χ0) is 8.16. The minimum absolute atomic E-state index is 0.157. The van der Waals surface area contributed by atoms with Crippen LogP contribution in [0.5, 0.6) is 0 Å². The summed E-state index contributed by atoms with van der Waals surface area (Å²) in [7, 11) is 0. The van der Waals surface area contributed by atoms with Crippen LogP contribution in [0.15, 0.2) is 0 Å². The third-order valence-corrected chi connectivity index (χ3v) is 2.05. The van der Waals surface area contributed by atoms with Crippen molar-refractivity contribution in [2.45, 2.75) is 25.4 Å². The third kappa shape index (κ3) is 2.15. The highest BCUT2D eigenvalue weighted by Crippen LogP contribution is 2.21. The number of hydrogen-bond donors (Lipinski definition) is 1. The second-order valence-electron chi connectivity index (χ2n) is 3.04. The van der Waals surface area contributed by atoms with Crippen LogP contribution in [-0.2, 0) is 9.47 Å². The van der Waals surface area contributed by atoms with Crippen molar-refractivity contribution in [3.8, 4) is 0 Å². The molecule has 0 amide bonds. The van der Waals surface area contributed by atoms with Gasteiger partial charge in [-0.1, -0.05) is 6.92 Å². The Balaban J connectivity index is 2.33. The molecule has 1 rings (SSSR count). The summed E-state index contributed by atoms with van der Waals surface area (Å²) in [6.07, 6.45) is 1.99. The van der Waals surface area contributed by atoms with Crippen LogP contribution in [0, 0.1) is 0 Å². The van der Waals surface area contributed by atoms with Gasteiger partial charge in [-0.2, -0.15) is 0 Å². The molecule has 0 aliphatic carbocycles. The third-order valence-electron chi connectivity index (χ3n) is 2.05. The van der Waals surface area contributed by atoms with Crippen LogP contribution in [0.2, 0.25) is 0 Å². The normalized spacial score (nSPS) is 31.1. The Labute approximate surface area is 67.9 Å². The maximum absolute atomic E-state index is 5.64. The quantitative estimate of drug-likeness (QED) is 0.650. The molecule has 3 nitrogen and oxygen atoms in total. The van der Waals surface area contributed by atoms with Crippen LogP contribution in [-0.4, -0.2) is 32.0 Å². The lowest BCUT2D eigenvalue weighted by Crippen LogP contribution is -2.41. The molecule has 2 N–H and O–H groups in total. The largest absolute Gasteiger partial charge is 0.378 e. The van der Waals surface area contributed by atoms with E-state index in [-0.39, 0.29) is 5.60 Å². The fourth-order valence-corrected chi connectivity index (χ4v) is 1.24. The van der Waals surface area contributed by atoms with E-state index in [1.54, 1.807) is 0 Å². The van der Waals surface area contributed by atoms with Gasteiger partial charge in [-0.25, -0.2) is 0 Å². The molecule has 1 atom stereocenters. The average molecular weight is 159 g/mol. The molecule has 11 heavy (non-hydrogen) atoms. The van der Waals surface area contributed by atoms with Crippen LogP contribution >= 0.6 is 0 Å². The van der Waals surface area contributed by atoms with Crippen molar-refractivity contribution >= 4 is 0 Å². The van der Waals surface area contributed by atoms with E-state index < -0.39 is 0 Å². The van der Waals surface area contributed by atoms with E-state index in [9.17, 15) is 0 Å². The zero-order valence-corrected chi connectivity index (χ0v) is 7.14. The van der Waals surface area contributed by atoms with E-state index in [0.717, 1.165) is 26.1 Å². The minimum Gasteiger partial charge on any atom is -0.378 e. The molecular formula is C8H17NO2. The molecule has 0 aromatic carbocycles. The predicted molar refractivity (Wildman–Crippen MR) is 43.5 cm³/mol. The van der Waals surface area contributed by atoms with Gasteiger partial charge in [-0.3, -0.25) is 0 Å². The molecule has 3 heteroatoms.